The Bertz CT molecular complexity index is 103. The van der Waals surface area contributed by atoms with Crippen molar-refractivity contribution in [2.24, 2.45) is 0 Å². The molecule has 0 atom stereocenters. The summed E-state index contributed by atoms with van der Waals surface area (Å²) in [6.07, 6.45) is 0. The molecular formula is H32B6MgO25. The van der Waals surface area contributed by atoms with E-state index >= 15 is 0 Å². The third-order valence-electron chi connectivity index (χ3n) is 0. The molecule has 0 aromatic carbocycles. The lowest BCUT2D eigenvalue weighted by Gasteiger charge is -1.69. The molecule has 0 aliphatic carbocycles. The molecule has 0 saturated carbocycles. The van der Waals surface area contributed by atoms with Gasteiger partial charge in [0.1, 0.15) is 0 Å². The van der Waals surface area contributed by atoms with E-state index in [0.29, 0.717) is 0 Å². The van der Waals surface area contributed by atoms with Gasteiger partial charge in [-0.05, 0) is 0 Å². The summed E-state index contributed by atoms with van der Waals surface area (Å²) in [5.74, 6) is 0. The normalized spacial score (nSPS) is 5.06. The van der Waals surface area contributed by atoms with Crippen LogP contribution in [0, 0.1) is 0 Å². The Kier molecular flexibility index (Phi) is 254. The lowest BCUT2D eigenvalue weighted by Crippen LogP contribution is -2.07. The summed E-state index contributed by atoms with van der Waals surface area (Å²) in [6, 6.07) is 0. The second-order valence-electron chi connectivity index (χ2n) is 2.08. The molecule has 202 valence electrons. The third-order valence-corrected chi connectivity index (χ3v) is 0. The van der Waals surface area contributed by atoms with Crippen molar-refractivity contribution >= 4 is 67.0 Å². The maximum absolute atomic E-state index is 7.17. The van der Waals surface area contributed by atoms with Gasteiger partial charge in [0, 0.05) is 23.1 Å². The maximum Gasteiger partial charge on any atom is 0.631 e. The van der Waals surface area contributed by atoms with E-state index in [0.717, 1.165) is 0 Å². The van der Waals surface area contributed by atoms with Crippen LogP contribution in [-0.2, 0) is 0 Å². The monoisotopic (exact) mass is 522 g/mol. The molecule has 32 heteroatoms. The van der Waals surface area contributed by atoms with Crippen molar-refractivity contribution in [1.82, 2.24) is 0 Å². The highest BCUT2D eigenvalue weighted by molar-refractivity contribution is 6.31. The molecule has 32 N–H and O–H groups in total. The fourth-order valence-corrected chi connectivity index (χ4v) is 0. The Labute approximate surface area is 196 Å². The van der Waals surface area contributed by atoms with Crippen LogP contribution in [0.15, 0.2) is 0 Å². The summed E-state index contributed by atoms with van der Waals surface area (Å²) in [4.78, 5) is 0. The first-order valence-electron chi connectivity index (χ1n) is 4.65. The zero-order chi connectivity index (χ0) is 21.5. The van der Waals surface area contributed by atoms with Crippen molar-refractivity contribution in [3.63, 3.8) is 0 Å². The zero-order valence-electron chi connectivity index (χ0n) is 15.7. The summed E-state index contributed by atoms with van der Waals surface area (Å²) < 4.78 is 0. The lowest BCUT2D eigenvalue weighted by atomic mass is 10.3. The van der Waals surface area contributed by atoms with Crippen molar-refractivity contribution in [2.75, 3.05) is 0 Å². The van der Waals surface area contributed by atoms with Crippen molar-refractivity contribution in [2.45, 2.75) is 0 Å². The first-order chi connectivity index (χ1) is 10.4. The van der Waals surface area contributed by atoms with Gasteiger partial charge in [0.05, 0.1) is 0 Å². The summed E-state index contributed by atoms with van der Waals surface area (Å²) in [7, 11) is -13.0. The van der Waals surface area contributed by atoms with Crippen LogP contribution >= 0.6 is 0 Å². The van der Waals surface area contributed by atoms with Crippen LogP contribution in [0.2, 0.25) is 0 Å². The van der Waals surface area contributed by atoms with Gasteiger partial charge in [-0.1, -0.05) is 0 Å². The van der Waals surface area contributed by atoms with E-state index in [1.807, 2.05) is 0 Å². The minimum atomic E-state index is -2.17. The van der Waals surface area contributed by atoms with E-state index in [2.05, 4.69) is 0 Å². The van der Waals surface area contributed by atoms with Crippen LogP contribution in [0.25, 0.3) is 0 Å². The van der Waals surface area contributed by atoms with Crippen molar-refractivity contribution in [1.29, 1.82) is 0 Å². The molecule has 0 unspecified atom stereocenters. The van der Waals surface area contributed by atoms with E-state index in [1.165, 1.54) is 0 Å². The Morgan fingerprint density at radius 1 is 0.188 bits per heavy atom. The molecule has 0 aromatic heterocycles. The second-order valence-corrected chi connectivity index (χ2v) is 2.08. The standard InChI is InChI=1S/6BH3O3.Mg.7H2O/c6*2-1(3)4;;;;;;;;/h6*2-4H;;7*1H2. The molecule has 2 radical (unpaired) electrons. The van der Waals surface area contributed by atoms with Crippen LogP contribution in [0.5, 0.6) is 0 Å². The smallest absolute Gasteiger partial charge is 0.412 e. The van der Waals surface area contributed by atoms with Crippen LogP contribution in [0.4, 0.5) is 0 Å². The quantitative estimate of drug-likeness (QED) is 0.131. The van der Waals surface area contributed by atoms with Crippen LogP contribution < -0.4 is 0 Å². The van der Waals surface area contributed by atoms with E-state index < -0.39 is 43.9 Å². The highest BCUT2D eigenvalue weighted by atomic mass is 24.3. The van der Waals surface area contributed by atoms with Crippen molar-refractivity contribution < 1.29 is 129 Å². The molecule has 0 amide bonds. The number of rotatable bonds is 0. The van der Waals surface area contributed by atoms with Gasteiger partial charge in [-0.3, -0.25) is 0 Å². The third kappa shape index (κ3) is 1060000. The van der Waals surface area contributed by atoms with Crippen LogP contribution in [0.1, 0.15) is 0 Å². The molecule has 0 fully saturated rings. The Hall–Kier alpha value is 0.156. The fraction of sp³-hybridized carbons (Fsp3) is 0. The highest BCUT2D eigenvalue weighted by Gasteiger charge is 1.94. The largest absolute Gasteiger partial charge is 0.631 e. The van der Waals surface area contributed by atoms with Crippen molar-refractivity contribution in [3.05, 3.63) is 0 Å². The summed E-state index contributed by atoms with van der Waals surface area (Å²) in [5, 5.41) is 129. The molecule has 0 saturated heterocycles. The molecule has 25 nitrogen and oxygen atoms in total. The average molecular weight is 521 g/mol. The van der Waals surface area contributed by atoms with Gasteiger partial charge in [-0.25, -0.2) is 0 Å². The molecule has 0 spiro atoms. The first kappa shape index (κ1) is 94.7. The molecule has 0 heterocycles. The van der Waals surface area contributed by atoms with Gasteiger partial charge in [-0.15, -0.1) is 0 Å². The molecule has 0 aromatic rings. The summed E-state index contributed by atoms with van der Waals surface area (Å²) in [6.45, 7) is 0. The Balaban J connectivity index is -0.00000000964. The van der Waals surface area contributed by atoms with Gasteiger partial charge in [0.15, 0.2) is 0 Å². The fourth-order valence-electron chi connectivity index (χ4n) is 0. The molecule has 0 aliphatic heterocycles. The maximum atomic E-state index is 7.17. The predicted molar refractivity (Wildman–Crippen MR) is 106 cm³/mol. The lowest BCUT2D eigenvalue weighted by molar-refractivity contribution is 0.276. The Morgan fingerprint density at radius 3 is 0.188 bits per heavy atom. The number of hydrogen-bond acceptors (Lipinski definition) is 18. The molecule has 0 aliphatic rings. The van der Waals surface area contributed by atoms with E-state index in [1.54, 1.807) is 0 Å². The van der Waals surface area contributed by atoms with Crippen molar-refractivity contribution in [3.8, 4) is 0 Å². The van der Waals surface area contributed by atoms with Gasteiger partial charge in [0.2, 0.25) is 0 Å². The van der Waals surface area contributed by atoms with Crippen LogP contribution in [0.3, 0.4) is 0 Å². The molecular weight excluding hydrogens is 489 g/mol. The molecule has 32 heavy (non-hydrogen) atoms. The number of hydrogen-bond donors (Lipinski definition) is 18. The minimum absolute atomic E-state index is 0. The molecule has 0 bridgehead atoms. The highest BCUT2D eigenvalue weighted by Crippen LogP contribution is 1.42. The van der Waals surface area contributed by atoms with Gasteiger partial charge in [-0.2, -0.15) is 0 Å². The average Bonchev–Trinajstić information content (AvgIpc) is 2.08. The van der Waals surface area contributed by atoms with E-state index in [4.69, 9.17) is 90.4 Å². The molecule has 0 rings (SSSR count). The van der Waals surface area contributed by atoms with Gasteiger partial charge < -0.3 is 129 Å². The van der Waals surface area contributed by atoms with Gasteiger partial charge >= 0.3 is 43.9 Å². The first-order valence-corrected chi connectivity index (χ1v) is 4.65. The van der Waals surface area contributed by atoms with Gasteiger partial charge in [0.25, 0.3) is 0 Å². The summed E-state index contributed by atoms with van der Waals surface area (Å²) >= 11 is 0. The minimum Gasteiger partial charge on any atom is -0.412 e. The Morgan fingerprint density at radius 2 is 0.188 bits per heavy atom. The second kappa shape index (κ2) is 86.0. The zero-order valence-corrected chi connectivity index (χ0v) is 17.1. The van der Waals surface area contributed by atoms with Crippen LogP contribution in [-0.4, -0.2) is 196 Å². The van der Waals surface area contributed by atoms with E-state index in [-0.39, 0.29) is 61.4 Å². The predicted octanol–water partition coefficient (Wildman–Crippen LogP) is -18.5. The van der Waals surface area contributed by atoms with E-state index in [9.17, 15) is 0 Å². The summed E-state index contributed by atoms with van der Waals surface area (Å²) in [5.41, 5.74) is 0. The SMILES string of the molecule is O.O.O.O.O.O.O.OB(O)O.OB(O)O.OB(O)O.OB(O)O.OB(O)O.OB(O)O.[Mg]. The topological polar surface area (TPSA) is 585 Å².